The van der Waals surface area contributed by atoms with Crippen molar-refractivity contribution in [1.29, 1.82) is 0 Å². The van der Waals surface area contributed by atoms with Gasteiger partial charge in [0.15, 0.2) is 0 Å². The number of thiophene rings is 1. The molecule has 0 aliphatic rings. The fraction of sp³-hybridized carbons (Fsp3) is 0. The molecule has 0 spiro atoms. The first-order valence-electron chi connectivity index (χ1n) is 4.92. The lowest BCUT2D eigenvalue weighted by Crippen LogP contribution is -1.84. The summed E-state index contributed by atoms with van der Waals surface area (Å²) in [5.41, 5.74) is 1.13. The number of carbonyl (C=O) groups is 1. The van der Waals surface area contributed by atoms with Gasteiger partial charge in [0.2, 0.25) is 0 Å². The highest BCUT2D eigenvalue weighted by atomic mass is 79.9. The summed E-state index contributed by atoms with van der Waals surface area (Å²) in [5, 5.41) is 8.54. The third-order valence-corrected chi connectivity index (χ3v) is 3.77. The SMILES string of the molecule is O=C(O)/C=C/c1ccc(-c2ccc(Br)cc2)s1. The minimum atomic E-state index is -0.927. The molecule has 0 radical (unpaired) electrons. The third kappa shape index (κ3) is 3.28. The summed E-state index contributed by atoms with van der Waals surface area (Å²) in [4.78, 5) is 12.5. The van der Waals surface area contributed by atoms with Crippen LogP contribution < -0.4 is 0 Å². The van der Waals surface area contributed by atoms with E-state index in [1.165, 1.54) is 0 Å². The molecular formula is C13H9BrO2S. The number of carboxylic acids is 1. The van der Waals surface area contributed by atoms with E-state index in [4.69, 9.17) is 5.11 Å². The molecule has 0 unspecified atom stereocenters. The highest BCUT2D eigenvalue weighted by molar-refractivity contribution is 9.10. The van der Waals surface area contributed by atoms with Gasteiger partial charge in [0.25, 0.3) is 0 Å². The Morgan fingerprint density at radius 2 is 1.88 bits per heavy atom. The number of carboxylic acid groups (broad SMARTS) is 1. The average Bonchev–Trinajstić information content (AvgIpc) is 2.76. The van der Waals surface area contributed by atoms with E-state index in [0.717, 1.165) is 25.9 Å². The Morgan fingerprint density at radius 3 is 2.53 bits per heavy atom. The van der Waals surface area contributed by atoms with Gasteiger partial charge in [0.1, 0.15) is 0 Å². The summed E-state index contributed by atoms with van der Waals surface area (Å²) in [7, 11) is 0. The standard InChI is InChI=1S/C13H9BrO2S/c14-10-3-1-9(2-4-10)12-7-5-11(17-12)6-8-13(15)16/h1-8H,(H,15,16)/b8-6+. The van der Waals surface area contributed by atoms with Crippen LogP contribution in [-0.4, -0.2) is 11.1 Å². The number of benzene rings is 1. The second-order valence-electron chi connectivity index (χ2n) is 3.38. The molecular weight excluding hydrogens is 300 g/mol. The van der Waals surface area contributed by atoms with E-state index in [0.29, 0.717) is 0 Å². The Kier molecular flexibility index (Phi) is 3.76. The number of aliphatic carboxylic acids is 1. The maximum atomic E-state index is 10.4. The van der Waals surface area contributed by atoms with Gasteiger partial charge in [0.05, 0.1) is 0 Å². The first-order chi connectivity index (χ1) is 8.15. The molecule has 0 aliphatic carbocycles. The fourth-order valence-corrected chi connectivity index (χ4v) is 2.55. The Morgan fingerprint density at radius 1 is 1.18 bits per heavy atom. The second kappa shape index (κ2) is 5.29. The number of rotatable bonds is 3. The molecule has 2 aromatic rings. The molecule has 0 saturated heterocycles. The first-order valence-corrected chi connectivity index (χ1v) is 6.53. The number of hydrogen-bond donors (Lipinski definition) is 1. The van der Waals surface area contributed by atoms with Crippen LogP contribution in [0.15, 0.2) is 46.9 Å². The summed E-state index contributed by atoms with van der Waals surface area (Å²) in [5.74, 6) is -0.927. The van der Waals surface area contributed by atoms with E-state index in [2.05, 4.69) is 15.9 Å². The van der Waals surface area contributed by atoms with Crippen LogP contribution >= 0.6 is 27.3 Å². The molecule has 86 valence electrons. The molecule has 1 N–H and O–H groups in total. The summed E-state index contributed by atoms with van der Waals surface area (Å²) in [6.45, 7) is 0. The van der Waals surface area contributed by atoms with Gasteiger partial charge in [-0.25, -0.2) is 4.79 Å². The third-order valence-electron chi connectivity index (χ3n) is 2.15. The average molecular weight is 309 g/mol. The van der Waals surface area contributed by atoms with E-state index in [1.54, 1.807) is 17.4 Å². The smallest absolute Gasteiger partial charge is 0.328 e. The van der Waals surface area contributed by atoms with E-state index in [1.807, 2.05) is 36.4 Å². The van der Waals surface area contributed by atoms with Crippen LogP contribution in [-0.2, 0) is 4.79 Å². The van der Waals surface area contributed by atoms with Gasteiger partial charge in [0, 0.05) is 20.3 Å². The van der Waals surface area contributed by atoms with Crippen LogP contribution in [0.2, 0.25) is 0 Å². The van der Waals surface area contributed by atoms with Crippen LogP contribution in [0, 0.1) is 0 Å². The Hall–Kier alpha value is -1.39. The van der Waals surface area contributed by atoms with Crippen molar-refractivity contribution in [3.8, 4) is 10.4 Å². The summed E-state index contributed by atoms with van der Waals surface area (Å²) >= 11 is 4.96. The van der Waals surface area contributed by atoms with Crippen molar-refractivity contribution in [2.45, 2.75) is 0 Å². The molecule has 2 nitrogen and oxygen atoms in total. The summed E-state index contributed by atoms with van der Waals surface area (Å²) < 4.78 is 1.05. The highest BCUT2D eigenvalue weighted by Gasteiger charge is 2.01. The molecule has 0 fully saturated rings. The maximum absolute atomic E-state index is 10.4. The van der Waals surface area contributed by atoms with Crippen LogP contribution in [0.4, 0.5) is 0 Å². The molecule has 0 aliphatic heterocycles. The van der Waals surface area contributed by atoms with Gasteiger partial charge in [-0.1, -0.05) is 28.1 Å². The Balaban J connectivity index is 2.23. The van der Waals surface area contributed by atoms with E-state index in [-0.39, 0.29) is 0 Å². The number of halogens is 1. The van der Waals surface area contributed by atoms with Crippen molar-refractivity contribution < 1.29 is 9.90 Å². The van der Waals surface area contributed by atoms with Gasteiger partial charge in [-0.15, -0.1) is 11.3 Å². The topological polar surface area (TPSA) is 37.3 Å². The molecule has 17 heavy (non-hydrogen) atoms. The second-order valence-corrected chi connectivity index (χ2v) is 5.41. The van der Waals surface area contributed by atoms with Crippen LogP contribution in [0.3, 0.4) is 0 Å². The zero-order valence-corrected chi connectivity index (χ0v) is 11.2. The summed E-state index contributed by atoms with van der Waals surface area (Å²) in [6.07, 6.45) is 2.76. The molecule has 1 aromatic heterocycles. The van der Waals surface area contributed by atoms with Crippen molar-refractivity contribution in [1.82, 2.24) is 0 Å². The lowest BCUT2D eigenvalue weighted by Gasteiger charge is -1.96. The van der Waals surface area contributed by atoms with Gasteiger partial charge in [-0.2, -0.15) is 0 Å². The minimum Gasteiger partial charge on any atom is -0.478 e. The predicted octanol–water partition coefficient (Wildman–Crippen LogP) is 4.28. The van der Waals surface area contributed by atoms with Crippen LogP contribution in [0.5, 0.6) is 0 Å². The van der Waals surface area contributed by atoms with Crippen LogP contribution in [0.1, 0.15) is 4.88 Å². The number of hydrogen-bond acceptors (Lipinski definition) is 2. The molecule has 0 bridgehead atoms. The van der Waals surface area contributed by atoms with Gasteiger partial charge in [-0.3, -0.25) is 0 Å². The van der Waals surface area contributed by atoms with Gasteiger partial charge >= 0.3 is 5.97 Å². The van der Waals surface area contributed by atoms with Gasteiger partial charge in [-0.05, 0) is 35.9 Å². The Bertz CT molecular complexity index is 555. The first kappa shape index (κ1) is 12.1. The molecule has 1 heterocycles. The van der Waals surface area contributed by atoms with Crippen molar-refractivity contribution in [3.05, 3.63) is 51.8 Å². The van der Waals surface area contributed by atoms with E-state index in [9.17, 15) is 4.79 Å². The fourth-order valence-electron chi connectivity index (χ4n) is 1.37. The predicted molar refractivity (Wildman–Crippen MR) is 74.1 cm³/mol. The van der Waals surface area contributed by atoms with Crippen molar-refractivity contribution in [2.75, 3.05) is 0 Å². The lowest BCUT2D eigenvalue weighted by molar-refractivity contribution is -0.131. The maximum Gasteiger partial charge on any atom is 0.328 e. The monoisotopic (exact) mass is 308 g/mol. The lowest BCUT2D eigenvalue weighted by atomic mass is 10.2. The normalized spacial score (nSPS) is 10.9. The minimum absolute atomic E-state index is 0.927. The molecule has 0 saturated carbocycles. The highest BCUT2D eigenvalue weighted by Crippen LogP contribution is 2.29. The quantitative estimate of drug-likeness (QED) is 0.860. The van der Waals surface area contributed by atoms with Crippen molar-refractivity contribution in [3.63, 3.8) is 0 Å². The molecule has 0 amide bonds. The summed E-state index contributed by atoms with van der Waals surface area (Å²) in [6, 6.07) is 11.9. The van der Waals surface area contributed by atoms with Crippen molar-refractivity contribution >= 4 is 39.3 Å². The largest absolute Gasteiger partial charge is 0.478 e. The zero-order valence-electron chi connectivity index (χ0n) is 8.76. The molecule has 2 rings (SSSR count). The Labute approximate surface area is 111 Å². The molecule has 4 heteroatoms. The van der Waals surface area contributed by atoms with Crippen molar-refractivity contribution in [2.24, 2.45) is 0 Å². The van der Waals surface area contributed by atoms with E-state index >= 15 is 0 Å². The van der Waals surface area contributed by atoms with E-state index < -0.39 is 5.97 Å². The van der Waals surface area contributed by atoms with Crippen LogP contribution in [0.25, 0.3) is 16.5 Å². The molecule has 0 atom stereocenters. The van der Waals surface area contributed by atoms with Gasteiger partial charge < -0.3 is 5.11 Å². The zero-order chi connectivity index (χ0) is 12.3. The molecule has 1 aromatic carbocycles.